The number of carbonyl (C=O) groups excluding carboxylic acids is 4. The van der Waals surface area contributed by atoms with E-state index in [1.54, 1.807) is 83.5 Å². The van der Waals surface area contributed by atoms with E-state index in [9.17, 15) is 49.0 Å². The molecule has 4 heterocycles. The van der Waals surface area contributed by atoms with Gasteiger partial charge in [0.1, 0.15) is 30.0 Å². The third-order valence-electron chi connectivity index (χ3n) is 15.7. The number of hydrogen-bond donors (Lipinski definition) is 2. The highest BCUT2D eigenvalue weighted by Crippen LogP contribution is 2.45. The van der Waals surface area contributed by atoms with Crippen LogP contribution in [0.15, 0.2) is 91.0 Å². The molecule has 0 saturated carbocycles. The smallest absolute Gasteiger partial charge is 0.279 e. The number of ketones is 1. The number of hydrogen-bond acceptors (Lipinski definition) is 17. The van der Waals surface area contributed by atoms with Crippen LogP contribution in [0.1, 0.15) is 106 Å². The normalized spacial score (nSPS) is 18.8. The zero-order valence-corrected chi connectivity index (χ0v) is 51.1. The lowest BCUT2D eigenvalue weighted by Crippen LogP contribution is -2.47. The molecule has 0 spiro atoms. The van der Waals surface area contributed by atoms with E-state index >= 15 is 0 Å². The predicted octanol–water partition coefficient (Wildman–Crippen LogP) is 8.86. The van der Waals surface area contributed by atoms with Crippen molar-refractivity contribution in [2.75, 3.05) is 48.0 Å². The molecule has 3 amide bonds. The van der Waals surface area contributed by atoms with Crippen LogP contribution < -0.4 is 29.3 Å². The number of anilines is 3. The van der Waals surface area contributed by atoms with E-state index in [2.05, 4.69) is 5.32 Å². The highest BCUT2D eigenvalue weighted by molar-refractivity contribution is 8.77. The van der Waals surface area contributed by atoms with Crippen molar-refractivity contribution in [2.24, 2.45) is 5.92 Å². The van der Waals surface area contributed by atoms with E-state index in [1.807, 2.05) is 45.0 Å². The highest BCUT2D eigenvalue weighted by atomic mass is 33.1. The van der Waals surface area contributed by atoms with Crippen LogP contribution in [0, 0.1) is 12.8 Å². The van der Waals surface area contributed by atoms with Crippen molar-refractivity contribution in [1.29, 1.82) is 0 Å². The second-order valence-corrected chi connectivity index (χ2v) is 30.2. The summed E-state index contributed by atoms with van der Waals surface area (Å²) in [5, 5.41) is 0.0344. The molecule has 5 aromatic carbocycles. The molecule has 83 heavy (non-hydrogen) atoms. The van der Waals surface area contributed by atoms with Crippen LogP contribution >= 0.6 is 21.6 Å². The number of Topliss-reactive ketones (excluding diaryl/α,β-unsaturated/α-hetero) is 1. The molecule has 9 rings (SSSR count). The SMILES string of the molecule is CCC(=O)CCC(C)(C)SSCCC(C(=O)Nc1cc(COc2cc3c(cc2C)C(=O)N2c4ccccc4C[C@H]2C(S(=O)(=O)OC)C3)cc(COc2cc3c(cc2OC)C(=O)N2c4ccccc4C[C@H]2C(CS(=O)(=O)O)C3)c1)S(=O)(=O)OC. The van der Waals surface area contributed by atoms with Crippen molar-refractivity contribution in [3.05, 3.63) is 141 Å². The Hall–Kier alpha value is -5.99. The summed E-state index contributed by atoms with van der Waals surface area (Å²) in [7, 11) is -6.70. The summed E-state index contributed by atoms with van der Waals surface area (Å²) < 4.78 is 118. The summed E-state index contributed by atoms with van der Waals surface area (Å²) in [6.07, 6.45) is 2.09. The maximum Gasteiger partial charge on any atom is 0.279 e. The molecule has 4 aliphatic heterocycles. The van der Waals surface area contributed by atoms with Crippen LogP contribution in [-0.4, -0.2) is 113 Å². The maximum absolute atomic E-state index is 14.5. The molecule has 4 aliphatic rings. The second kappa shape index (κ2) is 24.9. The monoisotopic (exact) mass is 1230 g/mol. The minimum absolute atomic E-state index is 0.0547. The minimum atomic E-state index is -4.49. The molecule has 5 aromatic rings. The van der Waals surface area contributed by atoms with Crippen molar-refractivity contribution in [3.8, 4) is 17.2 Å². The van der Waals surface area contributed by atoms with Gasteiger partial charge >= 0.3 is 0 Å². The number of ether oxygens (including phenoxy) is 3. The van der Waals surface area contributed by atoms with Gasteiger partial charge in [-0.15, -0.1) is 0 Å². The third kappa shape index (κ3) is 13.6. The van der Waals surface area contributed by atoms with Crippen molar-refractivity contribution >= 4 is 92.5 Å². The van der Waals surface area contributed by atoms with Gasteiger partial charge in [0.25, 0.3) is 42.2 Å². The number of carbonyl (C=O) groups is 4. The first-order valence-corrected chi connectivity index (χ1v) is 33.9. The summed E-state index contributed by atoms with van der Waals surface area (Å²) in [6.45, 7) is 7.23. The summed E-state index contributed by atoms with van der Waals surface area (Å²) in [6, 6.07) is 24.8. The molecule has 5 atom stereocenters. The van der Waals surface area contributed by atoms with Crippen LogP contribution in [0.5, 0.6) is 17.2 Å². The van der Waals surface area contributed by atoms with Gasteiger partial charge in [-0.1, -0.05) is 64.9 Å². The van der Waals surface area contributed by atoms with Gasteiger partial charge in [0.2, 0.25) is 5.91 Å². The molecule has 0 aromatic heterocycles. The lowest BCUT2D eigenvalue weighted by atomic mass is 9.91. The molecule has 0 saturated heterocycles. The van der Waals surface area contributed by atoms with Crippen LogP contribution in [0.2, 0.25) is 0 Å². The van der Waals surface area contributed by atoms with Gasteiger partial charge in [-0.2, -0.15) is 25.3 Å². The number of rotatable bonds is 24. The summed E-state index contributed by atoms with van der Waals surface area (Å²) in [5.74, 6) is -1.80. The average molecular weight is 1230 g/mol. The Labute approximate surface area is 492 Å². The van der Waals surface area contributed by atoms with E-state index in [-0.39, 0.29) is 83.3 Å². The Morgan fingerprint density at radius 3 is 1.90 bits per heavy atom. The van der Waals surface area contributed by atoms with Crippen molar-refractivity contribution in [2.45, 2.75) is 120 Å². The molecule has 19 nitrogen and oxygen atoms in total. The predicted molar refractivity (Wildman–Crippen MR) is 319 cm³/mol. The molecule has 0 bridgehead atoms. The first kappa shape index (κ1) is 61.6. The van der Waals surface area contributed by atoms with Crippen molar-refractivity contribution in [3.63, 3.8) is 0 Å². The average Bonchev–Trinajstić information content (AvgIpc) is 2.14. The van der Waals surface area contributed by atoms with E-state index in [4.69, 9.17) is 22.6 Å². The van der Waals surface area contributed by atoms with Gasteiger partial charge in [0, 0.05) is 63.5 Å². The lowest BCUT2D eigenvalue weighted by Gasteiger charge is -2.28. The number of para-hydroxylation sites is 2. The first-order chi connectivity index (χ1) is 39.3. The van der Waals surface area contributed by atoms with Crippen LogP contribution in [0.3, 0.4) is 0 Å². The van der Waals surface area contributed by atoms with E-state index in [1.165, 1.54) is 28.7 Å². The molecule has 24 heteroatoms. The fourth-order valence-corrected chi connectivity index (χ4v) is 17.4. The van der Waals surface area contributed by atoms with Gasteiger partial charge in [0.15, 0.2) is 16.7 Å². The van der Waals surface area contributed by atoms with Gasteiger partial charge in [-0.3, -0.25) is 32.1 Å². The second-order valence-electron chi connectivity index (χ2n) is 21.8. The lowest BCUT2D eigenvalue weighted by molar-refractivity contribution is -0.119. The fourth-order valence-electron chi connectivity index (χ4n) is 11.5. The number of aryl methyl sites for hydroxylation is 1. The molecule has 3 unspecified atom stereocenters. The number of amides is 3. The quantitative estimate of drug-likeness (QED) is 0.0253. The number of fused-ring (bicyclic) bond motifs is 8. The summed E-state index contributed by atoms with van der Waals surface area (Å²) in [4.78, 5) is 58.4. The standard InChI is InChI=1S/C59H67N3O16S5/c1-8-44(63)17-19-59(3,4)80-79-20-18-54(82(70,71)75-6)56(64)60-43-23-36(32-77-51-28-41-30-55(83(72,73)76-7)50-27-39-14-10-12-16-48(39)62(50)57(65)45(41)21-35(51)2)22-37(24-43)33-78-53-29-40-25-42(34-81(67,68)69)49-26-38-13-9-11-15-47(38)61(49)58(66)46(40)31-52(53)74-5/h9-16,21-24,28-29,31,42,49-50,54-55H,8,17-20,25-27,30,32-34H2,1-7H3,(H,60,64)(H,67,68,69)/t42?,49-,50-,54?,55?/m0/s1. The number of nitrogens with one attached hydrogen (secondary N) is 1. The fraction of sp³-hybridized carbons (Fsp3) is 0.424. The van der Waals surface area contributed by atoms with Gasteiger partial charge in [-0.25, -0.2) is 0 Å². The molecular formula is C59H67N3O16S5. The number of methoxy groups -OCH3 is 1. The number of nitrogens with zero attached hydrogens (tertiary/aromatic N) is 2. The summed E-state index contributed by atoms with van der Waals surface area (Å²) >= 11 is 0. The Morgan fingerprint density at radius 2 is 1.30 bits per heavy atom. The Bertz CT molecular complexity index is 3700. The van der Waals surface area contributed by atoms with E-state index in [0.29, 0.717) is 82.6 Å². The van der Waals surface area contributed by atoms with Crippen molar-refractivity contribution < 1.29 is 71.6 Å². The molecule has 0 aliphatic carbocycles. The third-order valence-corrected chi connectivity index (χ3v) is 23.3. The van der Waals surface area contributed by atoms with Gasteiger partial charge in [0.05, 0.1) is 33.1 Å². The summed E-state index contributed by atoms with van der Waals surface area (Å²) in [5.41, 5.74) is 6.14. The topological polar surface area (TPSA) is 256 Å². The Balaban J connectivity index is 1.02. The van der Waals surface area contributed by atoms with Crippen LogP contribution in [-0.2, 0) is 87.2 Å². The molecular weight excluding hydrogens is 1170 g/mol. The molecule has 2 N–H and O–H groups in total. The van der Waals surface area contributed by atoms with Crippen LogP contribution in [0.25, 0.3) is 0 Å². The van der Waals surface area contributed by atoms with Crippen molar-refractivity contribution in [1.82, 2.24) is 0 Å². The zero-order valence-electron chi connectivity index (χ0n) is 47.0. The Morgan fingerprint density at radius 1 is 0.723 bits per heavy atom. The van der Waals surface area contributed by atoms with E-state index in [0.717, 1.165) is 25.3 Å². The first-order valence-electron chi connectivity index (χ1n) is 27.1. The maximum atomic E-state index is 14.5. The Kier molecular flexibility index (Phi) is 18.5. The highest BCUT2D eigenvalue weighted by Gasteiger charge is 2.48. The minimum Gasteiger partial charge on any atom is -0.493 e. The van der Waals surface area contributed by atoms with Crippen LogP contribution in [0.4, 0.5) is 17.1 Å². The van der Waals surface area contributed by atoms with Gasteiger partial charge < -0.3 is 29.3 Å². The van der Waals surface area contributed by atoms with E-state index < -0.39 is 70.5 Å². The number of benzene rings is 5. The molecule has 444 valence electrons. The zero-order chi connectivity index (χ0) is 59.8. The molecule has 0 fully saturated rings. The van der Waals surface area contributed by atoms with Gasteiger partial charge in [-0.05, 0) is 153 Å². The molecule has 0 radical (unpaired) electrons. The largest absolute Gasteiger partial charge is 0.493 e.